The van der Waals surface area contributed by atoms with Crippen LogP contribution in [-0.2, 0) is 0 Å². The molecule has 2 aromatic rings. The number of carboxylic acid groups (broad SMARTS) is 1. The van der Waals surface area contributed by atoms with Crippen LogP contribution >= 0.6 is 0 Å². The van der Waals surface area contributed by atoms with Crippen molar-refractivity contribution in [1.82, 2.24) is 10.3 Å². The van der Waals surface area contributed by atoms with Crippen LogP contribution in [-0.4, -0.2) is 42.2 Å². The zero-order valence-electron chi connectivity index (χ0n) is 17.7. The smallest absolute Gasteiger partial charge is 0.338 e. The Hall–Kier alpha value is -3.61. The highest BCUT2D eigenvalue weighted by atomic mass is 16.4. The zero-order valence-corrected chi connectivity index (χ0v) is 17.7. The van der Waals surface area contributed by atoms with E-state index in [1.807, 2.05) is 31.2 Å². The molecule has 6 heteroatoms. The van der Waals surface area contributed by atoms with Gasteiger partial charge in [0, 0.05) is 37.6 Å². The summed E-state index contributed by atoms with van der Waals surface area (Å²) in [6.45, 7) is 6.00. The van der Waals surface area contributed by atoms with Crippen molar-refractivity contribution in [3.63, 3.8) is 0 Å². The Balaban J connectivity index is 0.000000179. The SMILES string of the molecule is Cc1ccc(C(=O)O)c(C#CC2=CCCC2)n1.N#Cc1ccc(N2CCNCC2)cc1. The number of aryl methyl sites for hydroxylation is 1. The van der Waals surface area contributed by atoms with E-state index >= 15 is 0 Å². The fourth-order valence-electron chi connectivity index (χ4n) is 3.42. The van der Waals surface area contributed by atoms with Gasteiger partial charge in [-0.25, -0.2) is 9.78 Å². The first-order valence-corrected chi connectivity index (χ1v) is 10.4. The van der Waals surface area contributed by atoms with E-state index in [4.69, 9.17) is 10.4 Å². The van der Waals surface area contributed by atoms with E-state index in [0.717, 1.165) is 62.3 Å². The van der Waals surface area contributed by atoms with E-state index in [1.165, 1.54) is 5.69 Å². The van der Waals surface area contributed by atoms with Gasteiger partial charge in [-0.3, -0.25) is 0 Å². The molecule has 0 radical (unpaired) electrons. The molecule has 6 nitrogen and oxygen atoms in total. The fraction of sp³-hybridized carbons (Fsp3) is 0.320. The summed E-state index contributed by atoms with van der Waals surface area (Å²) in [7, 11) is 0. The van der Waals surface area contributed by atoms with E-state index in [0.29, 0.717) is 5.69 Å². The summed E-state index contributed by atoms with van der Waals surface area (Å²) in [4.78, 5) is 17.5. The number of aromatic nitrogens is 1. The molecule has 0 bridgehead atoms. The van der Waals surface area contributed by atoms with E-state index in [9.17, 15) is 4.79 Å². The van der Waals surface area contributed by atoms with Crippen molar-refractivity contribution in [2.24, 2.45) is 0 Å². The number of pyridine rings is 1. The predicted molar refractivity (Wildman–Crippen MR) is 121 cm³/mol. The molecule has 2 aliphatic rings. The van der Waals surface area contributed by atoms with Crippen molar-refractivity contribution >= 4 is 11.7 Å². The second kappa shape index (κ2) is 11.0. The lowest BCUT2D eigenvalue weighted by Crippen LogP contribution is -2.43. The average Bonchev–Trinajstić information content (AvgIpc) is 3.32. The number of nitrogens with zero attached hydrogens (tertiary/aromatic N) is 3. The molecule has 0 atom stereocenters. The van der Waals surface area contributed by atoms with Crippen LogP contribution in [0.1, 0.15) is 46.6 Å². The van der Waals surface area contributed by atoms with Crippen molar-refractivity contribution in [2.75, 3.05) is 31.1 Å². The highest BCUT2D eigenvalue weighted by molar-refractivity contribution is 5.90. The monoisotopic (exact) mass is 414 g/mol. The molecular formula is C25H26N4O2. The number of benzene rings is 1. The molecule has 1 aliphatic heterocycles. The molecule has 1 saturated heterocycles. The van der Waals surface area contributed by atoms with Gasteiger partial charge in [-0.05, 0) is 74.1 Å². The van der Waals surface area contributed by atoms with Gasteiger partial charge < -0.3 is 15.3 Å². The van der Waals surface area contributed by atoms with Gasteiger partial charge in [0.15, 0.2) is 0 Å². The van der Waals surface area contributed by atoms with Crippen molar-refractivity contribution in [3.05, 3.63) is 70.6 Å². The first-order chi connectivity index (χ1) is 15.1. The lowest BCUT2D eigenvalue weighted by Gasteiger charge is -2.29. The van der Waals surface area contributed by atoms with Crippen LogP contribution in [0, 0.1) is 30.1 Å². The molecule has 2 heterocycles. The molecule has 0 amide bonds. The van der Waals surface area contributed by atoms with Crippen molar-refractivity contribution in [2.45, 2.75) is 26.2 Å². The number of nitriles is 1. The van der Waals surface area contributed by atoms with Crippen LogP contribution in [0.3, 0.4) is 0 Å². The average molecular weight is 415 g/mol. The van der Waals surface area contributed by atoms with Gasteiger partial charge in [0.1, 0.15) is 5.69 Å². The summed E-state index contributed by atoms with van der Waals surface area (Å²) in [5.74, 6) is 4.89. The lowest BCUT2D eigenvalue weighted by atomic mass is 10.1. The normalized spacial score (nSPS) is 15.0. The first kappa shape index (κ1) is 22.1. The highest BCUT2D eigenvalue weighted by Crippen LogP contribution is 2.17. The summed E-state index contributed by atoms with van der Waals surface area (Å²) in [5, 5.41) is 21.0. The van der Waals surface area contributed by atoms with Crippen molar-refractivity contribution in [3.8, 4) is 17.9 Å². The van der Waals surface area contributed by atoms with Crippen LogP contribution in [0.25, 0.3) is 0 Å². The van der Waals surface area contributed by atoms with Crippen LogP contribution in [0.15, 0.2) is 48.0 Å². The van der Waals surface area contributed by atoms with Crippen LogP contribution in [0.4, 0.5) is 5.69 Å². The topological polar surface area (TPSA) is 89.2 Å². The number of piperazine rings is 1. The molecule has 1 aromatic carbocycles. The van der Waals surface area contributed by atoms with Gasteiger partial charge in [0.2, 0.25) is 0 Å². The molecule has 1 fully saturated rings. The quantitative estimate of drug-likeness (QED) is 0.731. The van der Waals surface area contributed by atoms with Crippen LogP contribution < -0.4 is 10.2 Å². The van der Waals surface area contributed by atoms with Gasteiger partial charge in [-0.2, -0.15) is 5.26 Å². The number of anilines is 1. The predicted octanol–water partition coefficient (Wildman–Crippen LogP) is 3.52. The molecule has 0 saturated carbocycles. The van der Waals surface area contributed by atoms with Gasteiger partial charge >= 0.3 is 5.97 Å². The van der Waals surface area contributed by atoms with E-state index in [-0.39, 0.29) is 5.56 Å². The molecule has 2 N–H and O–H groups in total. The standard InChI is InChI=1S/C14H13NO2.C11H13N3/c1-10-6-8-12(14(16)17)13(15-10)9-7-11-4-2-3-5-11;12-9-10-1-3-11(4-2-10)14-7-5-13-6-8-14/h4,6,8H,2-3,5H2,1H3,(H,16,17);1-4,13H,5-8H2. The third-order valence-corrected chi connectivity index (χ3v) is 5.13. The third-order valence-electron chi connectivity index (χ3n) is 5.13. The van der Waals surface area contributed by atoms with Crippen molar-refractivity contribution < 1.29 is 9.90 Å². The first-order valence-electron chi connectivity index (χ1n) is 10.4. The minimum Gasteiger partial charge on any atom is -0.478 e. The van der Waals surface area contributed by atoms with Gasteiger partial charge in [0.05, 0.1) is 17.2 Å². The Labute approximate surface area is 183 Å². The molecule has 1 aromatic heterocycles. The van der Waals surface area contributed by atoms with Crippen LogP contribution in [0.5, 0.6) is 0 Å². The molecular weight excluding hydrogens is 388 g/mol. The Morgan fingerprint density at radius 1 is 1.13 bits per heavy atom. The Kier molecular flexibility index (Phi) is 7.81. The van der Waals surface area contributed by atoms with Gasteiger partial charge in [-0.1, -0.05) is 12.0 Å². The largest absolute Gasteiger partial charge is 0.478 e. The maximum absolute atomic E-state index is 11.0. The number of rotatable bonds is 2. The lowest BCUT2D eigenvalue weighted by molar-refractivity contribution is 0.0696. The maximum atomic E-state index is 11.0. The Morgan fingerprint density at radius 2 is 1.87 bits per heavy atom. The van der Waals surface area contributed by atoms with E-state index in [1.54, 1.807) is 12.1 Å². The number of hydrogen-bond donors (Lipinski definition) is 2. The molecule has 1 aliphatic carbocycles. The maximum Gasteiger partial charge on any atom is 0.338 e. The molecule has 0 spiro atoms. The number of carbonyl (C=O) groups is 1. The molecule has 4 rings (SSSR count). The number of allylic oxidation sites excluding steroid dienone is 2. The second-order valence-corrected chi connectivity index (χ2v) is 7.42. The highest BCUT2D eigenvalue weighted by Gasteiger charge is 2.10. The summed E-state index contributed by atoms with van der Waals surface area (Å²) < 4.78 is 0. The molecule has 158 valence electrons. The van der Waals surface area contributed by atoms with E-state index in [2.05, 4.69) is 39.2 Å². The minimum absolute atomic E-state index is 0.168. The minimum atomic E-state index is -0.984. The van der Waals surface area contributed by atoms with Gasteiger partial charge in [-0.15, -0.1) is 0 Å². The summed E-state index contributed by atoms with van der Waals surface area (Å²) >= 11 is 0. The molecule has 31 heavy (non-hydrogen) atoms. The zero-order chi connectivity index (χ0) is 22.1. The molecule has 0 unspecified atom stereocenters. The van der Waals surface area contributed by atoms with E-state index < -0.39 is 5.97 Å². The third kappa shape index (κ3) is 6.44. The summed E-state index contributed by atoms with van der Waals surface area (Å²) in [6, 6.07) is 13.1. The number of aromatic carboxylic acids is 1. The Morgan fingerprint density at radius 3 is 2.48 bits per heavy atom. The summed E-state index contributed by atoms with van der Waals surface area (Å²) in [5.41, 5.74) is 4.32. The Bertz CT molecular complexity index is 1050. The summed E-state index contributed by atoms with van der Waals surface area (Å²) in [6.07, 6.45) is 5.29. The van der Waals surface area contributed by atoms with Crippen LogP contribution in [0.2, 0.25) is 0 Å². The second-order valence-electron chi connectivity index (χ2n) is 7.42. The number of hydrogen-bond acceptors (Lipinski definition) is 5. The van der Waals surface area contributed by atoms with Gasteiger partial charge in [0.25, 0.3) is 0 Å². The number of nitrogens with one attached hydrogen (secondary N) is 1. The number of carboxylic acids is 1. The van der Waals surface area contributed by atoms with Crippen molar-refractivity contribution in [1.29, 1.82) is 5.26 Å². The fourth-order valence-corrected chi connectivity index (χ4v) is 3.42.